The Labute approximate surface area is 136 Å². The molecule has 0 spiro atoms. The van der Waals surface area contributed by atoms with Crippen molar-refractivity contribution in [2.24, 2.45) is 0 Å². The lowest BCUT2D eigenvalue weighted by Crippen LogP contribution is -2.17. The van der Waals surface area contributed by atoms with Gasteiger partial charge in [0.15, 0.2) is 0 Å². The maximum Gasteiger partial charge on any atom is 0.290 e. The number of rotatable bonds is 3. The lowest BCUT2D eigenvalue weighted by Gasteiger charge is -2.04. The van der Waals surface area contributed by atoms with Crippen molar-refractivity contribution in [3.63, 3.8) is 0 Å². The van der Waals surface area contributed by atoms with Crippen LogP contribution in [0.1, 0.15) is 15.9 Å². The molecular weight excluding hydrogens is 314 g/mol. The van der Waals surface area contributed by atoms with Gasteiger partial charge in [0.2, 0.25) is 0 Å². The molecule has 0 bridgehead atoms. The summed E-state index contributed by atoms with van der Waals surface area (Å²) in [6.45, 7) is 0. The highest BCUT2D eigenvalue weighted by molar-refractivity contribution is 8.18. The average molecular weight is 325 g/mol. The van der Waals surface area contributed by atoms with Crippen LogP contribution in [0.5, 0.6) is 0 Å². The van der Waals surface area contributed by atoms with E-state index in [4.69, 9.17) is 0 Å². The van der Waals surface area contributed by atoms with Gasteiger partial charge in [0, 0.05) is 11.8 Å². The molecule has 2 N–H and O–H groups in total. The van der Waals surface area contributed by atoms with Gasteiger partial charge < -0.3 is 5.32 Å². The van der Waals surface area contributed by atoms with Gasteiger partial charge >= 0.3 is 0 Å². The normalized spacial score (nSPS) is 15.6. The lowest BCUT2D eigenvalue weighted by molar-refractivity contribution is -0.115. The topological polar surface area (TPSA) is 88.2 Å². The van der Waals surface area contributed by atoms with Crippen molar-refractivity contribution < 1.29 is 14.4 Å². The van der Waals surface area contributed by atoms with Crippen LogP contribution in [0.4, 0.5) is 10.6 Å². The first-order chi connectivity index (χ1) is 11.1. The van der Waals surface area contributed by atoms with Crippen LogP contribution in [0, 0.1) is 0 Å². The van der Waals surface area contributed by atoms with Gasteiger partial charge in [-0.25, -0.2) is 4.98 Å². The molecule has 1 aliphatic rings. The minimum Gasteiger partial charge on any atom is -0.307 e. The van der Waals surface area contributed by atoms with Gasteiger partial charge in [0.1, 0.15) is 5.82 Å². The number of anilines is 1. The highest BCUT2D eigenvalue weighted by Crippen LogP contribution is 2.25. The minimum atomic E-state index is -0.406. The summed E-state index contributed by atoms with van der Waals surface area (Å²) in [7, 11) is 0. The van der Waals surface area contributed by atoms with Crippen LogP contribution in [0.3, 0.4) is 0 Å². The van der Waals surface area contributed by atoms with Crippen molar-refractivity contribution in [3.8, 4) is 0 Å². The minimum absolute atomic E-state index is 0.272. The highest BCUT2D eigenvalue weighted by atomic mass is 32.2. The zero-order valence-corrected chi connectivity index (χ0v) is 12.6. The quantitative estimate of drug-likeness (QED) is 0.847. The number of hydrogen-bond donors (Lipinski definition) is 2. The Kier molecular flexibility index (Phi) is 4.20. The van der Waals surface area contributed by atoms with E-state index in [2.05, 4.69) is 15.6 Å². The van der Waals surface area contributed by atoms with Crippen LogP contribution in [0.2, 0.25) is 0 Å². The van der Waals surface area contributed by atoms with Gasteiger partial charge in [0.25, 0.3) is 17.1 Å². The van der Waals surface area contributed by atoms with E-state index < -0.39 is 5.91 Å². The monoisotopic (exact) mass is 325 g/mol. The molecule has 7 heteroatoms. The van der Waals surface area contributed by atoms with Crippen LogP contribution in [0.15, 0.2) is 53.6 Å². The van der Waals surface area contributed by atoms with Crippen LogP contribution < -0.4 is 10.6 Å². The van der Waals surface area contributed by atoms with Crippen molar-refractivity contribution in [2.75, 3.05) is 5.32 Å². The largest absolute Gasteiger partial charge is 0.307 e. The van der Waals surface area contributed by atoms with Crippen molar-refractivity contribution in [1.82, 2.24) is 10.3 Å². The Morgan fingerprint density at radius 1 is 1.13 bits per heavy atom. The molecule has 2 aromatic rings. The zero-order chi connectivity index (χ0) is 16.2. The summed E-state index contributed by atoms with van der Waals surface area (Å²) in [6, 6.07) is 11.9. The van der Waals surface area contributed by atoms with Crippen LogP contribution >= 0.6 is 11.8 Å². The Morgan fingerprint density at radius 2 is 1.91 bits per heavy atom. The fourth-order valence-corrected chi connectivity index (χ4v) is 2.61. The first-order valence-electron chi connectivity index (χ1n) is 6.69. The Bertz CT molecular complexity index is 801. The summed E-state index contributed by atoms with van der Waals surface area (Å²) >= 11 is 0.855. The molecule has 0 unspecified atom stereocenters. The fraction of sp³-hybridized carbons (Fsp3) is 0. The second-order valence-electron chi connectivity index (χ2n) is 4.64. The number of amides is 3. The zero-order valence-electron chi connectivity index (χ0n) is 11.8. The predicted molar refractivity (Wildman–Crippen MR) is 87.7 cm³/mol. The fourth-order valence-electron chi connectivity index (χ4n) is 1.93. The van der Waals surface area contributed by atoms with Gasteiger partial charge in [-0.3, -0.25) is 19.7 Å². The molecular formula is C16H11N3O3S. The second-order valence-corrected chi connectivity index (χ2v) is 5.66. The van der Waals surface area contributed by atoms with E-state index in [1.165, 1.54) is 0 Å². The molecule has 1 fully saturated rings. The van der Waals surface area contributed by atoms with Crippen molar-refractivity contribution in [1.29, 1.82) is 0 Å². The molecule has 1 aromatic carbocycles. The van der Waals surface area contributed by atoms with Gasteiger partial charge in [0.05, 0.1) is 4.91 Å². The van der Waals surface area contributed by atoms with Crippen LogP contribution in [-0.4, -0.2) is 22.0 Å². The Balaban J connectivity index is 1.72. The van der Waals surface area contributed by atoms with Crippen molar-refractivity contribution in [3.05, 3.63) is 64.7 Å². The first-order valence-corrected chi connectivity index (χ1v) is 7.51. The third-order valence-corrected chi connectivity index (χ3v) is 3.83. The number of hydrogen-bond acceptors (Lipinski definition) is 5. The first kappa shape index (κ1) is 15.0. The van der Waals surface area contributed by atoms with E-state index in [0.717, 1.165) is 17.3 Å². The van der Waals surface area contributed by atoms with Crippen molar-refractivity contribution >= 4 is 40.7 Å². The summed E-state index contributed by atoms with van der Waals surface area (Å²) in [5, 5.41) is 4.49. The number of benzene rings is 1. The van der Waals surface area contributed by atoms with E-state index in [-0.39, 0.29) is 11.1 Å². The lowest BCUT2D eigenvalue weighted by atomic mass is 10.1. The molecule has 3 rings (SSSR count). The summed E-state index contributed by atoms with van der Waals surface area (Å²) in [5.41, 5.74) is 1.20. The SMILES string of the molecule is O=C1NC(=O)C(=Cc2ccc(C(=O)Nc3ccccn3)cc2)S1. The number of imide groups is 1. The molecule has 3 amide bonds. The second kappa shape index (κ2) is 6.45. The smallest absolute Gasteiger partial charge is 0.290 e. The predicted octanol–water partition coefficient (Wildman–Crippen LogP) is 2.66. The average Bonchev–Trinajstić information content (AvgIpc) is 2.86. The number of nitrogens with one attached hydrogen (secondary N) is 2. The third-order valence-electron chi connectivity index (χ3n) is 3.02. The van der Waals surface area contributed by atoms with Gasteiger partial charge in [-0.15, -0.1) is 0 Å². The molecule has 0 saturated carbocycles. The molecule has 23 heavy (non-hydrogen) atoms. The molecule has 0 atom stereocenters. The number of carbonyl (C=O) groups is 3. The number of nitrogens with zero attached hydrogens (tertiary/aromatic N) is 1. The van der Waals surface area contributed by atoms with Gasteiger partial charge in [-0.2, -0.15) is 0 Å². The molecule has 0 radical (unpaired) electrons. The van der Waals surface area contributed by atoms with Gasteiger partial charge in [-0.1, -0.05) is 18.2 Å². The van der Waals surface area contributed by atoms with Crippen molar-refractivity contribution in [2.45, 2.75) is 0 Å². The molecule has 2 heterocycles. The number of thioether (sulfide) groups is 1. The molecule has 1 saturated heterocycles. The van der Waals surface area contributed by atoms with E-state index in [1.54, 1.807) is 54.7 Å². The van der Waals surface area contributed by atoms with Crippen LogP contribution in [-0.2, 0) is 4.79 Å². The number of aromatic nitrogens is 1. The maximum absolute atomic E-state index is 12.1. The van der Waals surface area contributed by atoms with E-state index in [9.17, 15) is 14.4 Å². The molecule has 1 aliphatic heterocycles. The van der Waals surface area contributed by atoms with E-state index in [0.29, 0.717) is 16.3 Å². The maximum atomic E-state index is 12.1. The Morgan fingerprint density at radius 3 is 2.52 bits per heavy atom. The molecule has 6 nitrogen and oxygen atoms in total. The summed E-state index contributed by atoms with van der Waals surface area (Å²) < 4.78 is 0. The molecule has 114 valence electrons. The summed E-state index contributed by atoms with van der Waals surface area (Å²) in [5.74, 6) is -0.204. The molecule has 1 aromatic heterocycles. The number of pyridine rings is 1. The third kappa shape index (κ3) is 3.64. The summed E-state index contributed by atoms with van der Waals surface area (Å²) in [4.78, 5) is 39.0. The molecule has 0 aliphatic carbocycles. The standard InChI is InChI=1S/C16H11N3O3S/c20-14(18-13-3-1-2-8-17-13)11-6-4-10(5-7-11)9-12-15(21)19-16(22)23-12/h1-9H,(H,17,18,20)(H,19,21,22). The van der Waals surface area contributed by atoms with Gasteiger partial charge in [-0.05, 0) is 47.7 Å². The highest BCUT2D eigenvalue weighted by Gasteiger charge is 2.24. The number of carbonyl (C=O) groups excluding carboxylic acids is 3. The van der Waals surface area contributed by atoms with E-state index in [1.807, 2.05) is 0 Å². The summed E-state index contributed by atoms with van der Waals surface area (Å²) in [6.07, 6.45) is 3.20. The van der Waals surface area contributed by atoms with E-state index >= 15 is 0 Å². The Hall–Kier alpha value is -2.93. The van der Waals surface area contributed by atoms with Crippen LogP contribution in [0.25, 0.3) is 6.08 Å².